The van der Waals surface area contributed by atoms with Crippen molar-refractivity contribution in [3.05, 3.63) is 40.6 Å². The first-order chi connectivity index (χ1) is 15.3. The zero-order chi connectivity index (χ0) is 23.5. The van der Waals surface area contributed by atoms with Crippen LogP contribution in [0.15, 0.2) is 34.9 Å². The monoisotopic (exact) mass is 497 g/mol. The van der Waals surface area contributed by atoms with Crippen LogP contribution in [-0.2, 0) is 16.4 Å². The van der Waals surface area contributed by atoms with Gasteiger partial charge >= 0.3 is 0 Å². The Hall–Kier alpha value is -2.27. The third kappa shape index (κ3) is 4.73. The molecule has 3 aromatic heterocycles. The van der Waals surface area contributed by atoms with Crippen LogP contribution in [-0.4, -0.2) is 54.9 Å². The lowest BCUT2D eigenvalue weighted by atomic mass is 10.1. The molecular weight excluding hydrogens is 470 g/mol. The predicted octanol–water partition coefficient (Wildman–Crippen LogP) is 4.86. The molecule has 0 saturated heterocycles. The van der Waals surface area contributed by atoms with Crippen LogP contribution < -0.4 is 9.46 Å². The molecular formula is C21H28ClN5O3S2. The third-order valence-electron chi connectivity index (χ3n) is 5.05. The summed E-state index contributed by atoms with van der Waals surface area (Å²) in [5, 5.41) is 2.52. The van der Waals surface area contributed by atoms with Gasteiger partial charge in [0.15, 0.2) is 15.1 Å². The van der Waals surface area contributed by atoms with E-state index in [9.17, 15) is 8.42 Å². The maximum atomic E-state index is 13.1. The number of sulfonamides is 1. The van der Waals surface area contributed by atoms with Gasteiger partial charge < -0.3 is 14.6 Å². The minimum Gasteiger partial charge on any atom is -0.494 e. The number of aromatic amines is 1. The number of anilines is 1. The van der Waals surface area contributed by atoms with Gasteiger partial charge in [-0.05, 0) is 31.6 Å². The summed E-state index contributed by atoms with van der Waals surface area (Å²) in [5.41, 5.74) is 2.31. The van der Waals surface area contributed by atoms with E-state index in [0.29, 0.717) is 16.4 Å². The number of benzene rings is 1. The topological polar surface area (TPSA) is 91.7 Å². The first-order valence-corrected chi connectivity index (χ1v) is 13.1. The molecule has 0 radical (unpaired) electrons. The molecule has 3 heterocycles. The van der Waals surface area contributed by atoms with E-state index in [0.717, 1.165) is 36.0 Å². The SMILES string of the molecule is CC.CCN(C)CCc1c[nH]c2c(OC)cc(NS(=O)(=O)c3c(Cl)nc4sccn34)cc12. The summed E-state index contributed by atoms with van der Waals surface area (Å²) in [6.45, 7) is 7.96. The Morgan fingerprint density at radius 2 is 2.09 bits per heavy atom. The molecule has 0 unspecified atom stereocenters. The lowest BCUT2D eigenvalue weighted by molar-refractivity contribution is 0.358. The maximum absolute atomic E-state index is 13.1. The van der Waals surface area contributed by atoms with E-state index in [-0.39, 0.29) is 10.2 Å². The molecule has 8 nitrogen and oxygen atoms in total. The van der Waals surface area contributed by atoms with Crippen molar-refractivity contribution in [2.75, 3.05) is 32.0 Å². The number of halogens is 1. The largest absolute Gasteiger partial charge is 0.494 e. The zero-order valence-corrected chi connectivity index (χ0v) is 21.2. The zero-order valence-electron chi connectivity index (χ0n) is 18.8. The molecule has 1 aromatic carbocycles. The second-order valence-electron chi connectivity index (χ2n) is 6.93. The predicted molar refractivity (Wildman–Crippen MR) is 132 cm³/mol. The van der Waals surface area contributed by atoms with E-state index in [1.165, 1.54) is 15.7 Å². The van der Waals surface area contributed by atoms with Crippen LogP contribution in [0.3, 0.4) is 0 Å². The van der Waals surface area contributed by atoms with E-state index in [1.54, 1.807) is 24.8 Å². The van der Waals surface area contributed by atoms with Crippen molar-refractivity contribution in [1.29, 1.82) is 0 Å². The van der Waals surface area contributed by atoms with Crippen molar-refractivity contribution in [3.63, 3.8) is 0 Å². The van der Waals surface area contributed by atoms with Gasteiger partial charge in [0.05, 0.1) is 18.3 Å². The summed E-state index contributed by atoms with van der Waals surface area (Å²) >= 11 is 7.44. The van der Waals surface area contributed by atoms with Crippen LogP contribution in [0.1, 0.15) is 26.3 Å². The van der Waals surface area contributed by atoms with Crippen LogP contribution in [0.25, 0.3) is 15.9 Å². The van der Waals surface area contributed by atoms with Crippen LogP contribution in [0.2, 0.25) is 5.15 Å². The quantitative estimate of drug-likeness (QED) is 0.362. The van der Waals surface area contributed by atoms with Gasteiger partial charge in [0.2, 0.25) is 0 Å². The average molecular weight is 498 g/mol. The number of H-pyrrole nitrogens is 1. The standard InChI is InChI=1S/C19H22ClN5O3S2.C2H6/c1-4-24(2)6-5-12-11-21-16-14(12)9-13(10-15(16)28-3)23-30(26,27)18-17(20)22-19-25(18)7-8-29-19;1-2/h7-11,21,23H,4-6H2,1-3H3;1-2H3. The number of methoxy groups -OCH3 is 1. The molecule has 0 aliphatic carbocycles. The molecule has 0 amide bonds. The molecule has 2 N–H and O–H groups in total. The second kappa shape index (κ2) is 10.1. The molecule has 0 spiro atoms. The van der Waals surface area contributed by atoms with Crippen molar-refractivity contribution >= 4 is 54.5 Å². The van der Waals surface area contributed by atoms with Crippen molar-refractivity contribution in [3.8, 4) is 5.75 Å². The minimum atomic E-state index is -3.97. The number of ether oxygens (including phenoxy) is 1. The molecule has 4 aromatic rings. The van der Waals surface area contributed by atoms with E-state index in [2.05, 4.69) is 33.6 Å². The average Bonchev–Trinajstić information content (AvgIpc) is 3.46. The number of nitrogens with one attached hydrogen (secondary N) is 2. The fourth-order valence-electron chi connectivity index (χ4n) is 3.33. The van der Waals surface area contributed by atoms with Gasteiger partial charge in [-0.3, -0.25) is 9.12 Å². The van der Waals surface area contributed by atoms with Crippen molar-refractivity contribution in [1.82, 2.24) is 19.3 Å². The number of imidazole rings is 1. The fourth-order valence-corrected chi connectivity index (χ4v) is 5.83. The molecule has 0 aliphatic heterocycles. The number of aromatic nitrogens is 3. The van der Waals surface area contributed by atoms with Crippen LogP contribution in [0, 0.1) is 0 Å². The highest BCUT2D eigenvalue weighted by atomic mass is 35.5. The Kier molecular flexibility index (Phi) is 7.71. The van der Waals surface area contributed by atoms with E-state index >= 15 is 0 Å². The Morgan fingerprint density at radius 3 is 2.78 bits per heavy atom. The van der Waals surface area contributed by atoms with Gasteiger partial charge in [-0.1, -0.05) is 32.4 Å². The summed E-state index contributed by atoms with van der Waals surface area (Å²) in [7, 11) is -0.344. The Bertz CT molecular complexity index is 1310. The summed E-state index contributed by atoms with van der Waals surface area (Å²) in [6.07, 6.45) is 4.40. The van der Waals surface area contributed by atoms with E-state index < -0.39 is 10.0 Å². The highest BCUT2D eigenvalue weighted by molar-refractivity contribution is 7.92. The molecule has 11 heteroatoms. The summed E-state index contributed by atoms with van der Waals surface area (Å²) in [5.74, 6) is 0.556. The Labute approximate surface area is 197 Å². The number of likely N-dealkylation sites (N-methyl/N-ethyl adjacent to an activating group) is 1. The van der Waals surface area contributed by atoms with Gasteiger partial charge in [0.25, 0.3) is 10.0 Å². The number of thiazole rings is 1. The number of rotatable bonds is 8. The van der Waals surface area contributed by atoms with Crippen molar-refractivity contribution in [2.45, 2.75) is 32.2 Å². The Morgan fingerprint density at radius 1 is 1.34 bits per heavy atom. The normalized spacial score (nSPS) is 11.7. The van der Waals surface area contributed by atoms with Crippen molar-refractivity contribution < 1.29 is 13.2 Å². The smallest absolute Gasteiger partial charge is 0.281 e. The van der Waals surface area contributed by atoms with Gasteiger partial charge in [0, 0.05) is 35.8 Å². The van der Waals surface area contributed by atoms with Gasteiger partial charge in [0.1, 0.15) is 5.75 Å². The maximum Gasteiger partial charge on any atom is 0.281 e. The minimum absolute atomic E-state index is 0.0627. The molecule has 0 atom stereocenters. The van der Waals surface area contributed by atoms with E-state index in [4.69, 9.17) is 16.3 Å². The van der Waals surface area contributed by atoms with E-state index in [1.807, 2.05) is 26.1 Å². The van der Waals surface area contributed by atoms with Gasteiger partial charge in [-0.25, -0.2) is 4.98 Å². The number of nitrogens with zero attached hydrogens (tertiary/aromatic N) is 3. The summed E-state index contributed by atoms with van der Waals surface area (Å²) in [4.78, 5) is 10.1. The third-order valence-corrected chi connectivity index (χ3v) is 7.58. The van der Waals surface area contributed by atoms with Crippen molar-refractivity contribution in [2.24, 2.45) is 0 Å². The molecule has 0 saturated carbocycles. The molecule has 4 rings (SSSR count). The van der Waals surface area contributed by atoms with Crippen LogP contribution in [0.4, 0.5) is 5.69 Å². The highest BCUT2D eigenvalue weighted by Crippen LogP contribution is 2.34. The molecule has 174 valence electrons. The molecule has 0 bridgehead atoms. The van der Waals surface area contributed by atoms with Crippen LogP contribution in [0.5, 0.6) is 5.75 Å². The number of fused-ring (bicyclic) bond motifs is 2. The number of hydrogen-bond acceptors (Lipinski definition) is 6. The van der Waals surface area contributed by atoms with Gasteiger partial charge in [-0.2, -0.15) is 8.42 Å². The van der Waals surface area contributed by atoms with Gasteiger partial charge in [-0.15, -0.1) is 11.3 Å². The first kappa shape index (κ1) is 24.4. The summed E-state index contributed by atoms with van der Waals surface area (Å²) in [6, 6.07) is 3.46. The highest BCUT2D eigenvalue weighted by Gasteiger charge is 2.26. The van der Waals surface area contributed by atoms with Crippen LogP contribution >= 0.6 is 22.9 Å². The molecule has 0 fully saturated rings. The lowest BCUT2D eigenvalue weighted by Gasteiger charge is -2.13. The molecule has 0 aliphatic rings. The fraction of sp³-hybridized carbons (Fsp3) is 0.381. The Balaban J connectivity index is 0.00000141. The number of hydrogen-bond donors (Lipinski definition) is 2. The lowest BCUT2D eigenvalue weighted by Crippen LogP contribution is -2.20. The molecule has 32 heavy (non-hydrogen) atoms. The first-order valence-electron chi connectivity index (χ1n) is 10.3. The second-order valence-corrected chi connectivity index (χ2v) is 9.76. The summed E-state index contributed by atoms with van der Waals surface area (Å²) < 4.78 is 35.8.